The van der Waals surface area contributed by atoms with Crippen LogP contribution in [0.2, 0.25) is 0 Å². The minimum atomic E-state index is 0.101. The summed E-state index contributed by atoms with van der Waals surface area (Å²) in [6.07, 6.45) is 1.07. The summed E-state index contributed by atoms with van der Waals surface area (Å²) in [4.78, 5) is 20.7. The fraction of sp³-hybridized carbons (Fsp3) is 0.467. The van der Waals surface area contributed by atoms with Gasteiger partial charge in [-0.1, -0.05) is 12.1 Å². The quantitative estimate of drug-likeness (QED) is 0.792. The van der Waals surface area contributed by atoms with E-state index in [2.05, 4.69) is 9.88 Å². The van der Waals surface area contributed by atoms with Crippen LogP contribution in [0.15, 0.2) is 28.7 Å². The smallest absolute Gasteiger partial charge is 0.298 e. The third-order valence-corrected chi connectivity index (χ3v) is 4.52. The minimum absolute atomic E-state index is 0.101. The Bertz CT molecular complexity index is 633. The van der Waals surface area contributed by atoms with Crippen molar-refractivity contribution in [3.63, 3.8) is 0 Å². The highest BCUT2D eigenvalue weighted by atomic mass is 16.4. The van der Waals surface area contributed by atoms with Crippen molar-refractivity contribution in [2.24, 2.45) is 11.8 Å². The number of aromatic nitrogens is 1. The Hall–Kier alpha value is -2.04. The topological polar surface area (TPSA) is 49.6 Å². The molecule has 0 spiro atoms. The molecular weight excluding hydrogens is 254 g/mol. The van der Waals surface area contributed by atoms with Crippen LogP contribution >= 0.6 is 0 Å². The molecule has 1 aromatic heterocycles. The van der Waals surface area contributed by atoms with Gasteiger partial charge in [0.2, 0.25) is 5.91 Å². The normalized spacial score (nSPS) is 26.4. The number of likely N-dealkylation sites (tertiary alicyclic amines) is 1. The van der Waals surface area contributed by atoms with Crippen LogP contribution in [-0.4, -0.2) is 42.5 Å². The summed E-state index contributed by atoms with van der Waals surface area (Å²) >= 11 is 0. The molecule has 2 fully saturated rings. The number of piperidine rings is 1. The van der Waals surface area contributed by atoms with Crippen molar-refractivity contribution in [2.45, 2.75) is 6.42 Å². The number of oxazole rings is 1. The summed E-state index contributed by atoms with van der Waals surface area (Å²) in [5, 5.41) is 0. The molecule has 0 aliphatic carbocycles. The Balaban J connectivity index is 1.63. The number of fused-ring (bicyclic) bond motifs is 2. The van der Waals surface area contributed by atoms with E-state index in [4.69, 9.17) is 4.42 Å². The van der Waals surface area contributed by atoms with Crippen LogP contribution in [0, 0.1) is 11.8 Å². The molecule has 2 saturated heterocycles. The van der Waals surface area contributed by atoms with Gasteiger partial charge in [0.1, 0.15) is 5.52 Å². The zero-order valence-electron chi connectivity index (χ0n) is 11.5. The number of amides is 1. The molecule has 104 valence electrons. The van der Waals surface area contributed by atoms with Crippen molar-refractivity contribution >= 4 is 23.0 Å². The number of hydrogen-bond donors (Lipinski definition) is 0. The first-order valence-electron chi connectivity index (χ1n) is 7.08. The van der Waals surface area contributed by atoms with Crippen LogP contribution in [0.3, 0.4) is 0 Å². The molecule has 5 nitrogen and oxygen atoms in total. The zero-order chi connectivity index (χ0) is 13.7. The van der Waals surface area contributed by atoms with Crippen LogP contribution in [-0.2, 0) is 4.79 Å². The minimum Gasteiger partial charge on any atom is -0.423 e. The first kappa shape index (κ1) is 11.8. The molecule has 20 heavy (non-hydrogen) atoms. The fourth-order valence-corrected chi connectivity index (χ4v) is 3.35. The van der Waals surface area contributed by atoms with Crippen LogP contribution in [0.5, 0.6) is 0 Å². The zero-order valence-corrected chi connectivity index (χ0v) is 11.5. The van der Waals surface area contributed by atoms with E-state index in [1.165, 1.54) is 0 Å². The summed E-state index contributed by atoms with van der Waals surface area (Å²) < 4.78 is 5.81. The molecule has 0 unspecified atom stereocenters. The average Bonchev–Trinajstić information content (AvgIpc) is 3.06. The molecule has 2 atom stereocenters. The fourth-order valence-electron chi connectivity index (χ4n) is 3.35. The molecule has 2 aliphatic heterocycles. The third-order valence-electron chi connectivity index (χ3n) is 4.52. The van der Waals surface area contributed by atoms with Gasteiger partial charge in [0.25, 0.3) is 6.01 Å². The molecule has 3 heterocycles. The number of benzene rings is 1. The van der Waals surface area contributed by atoms with Crippen molar-refractivity contribution in [3.8, 4) is 0 Å². The number of carbonyl (C=O) groups excluding carboxylic acids is 1. The van der Waals surface area contributed by atoms with Gasteiger partial charge in [-0.2, -0.15) is 4.98 Å². The molecule has 0 bridgehead atoms. The maximum Gasteiger partial charge on any atom is 0.298 e. The largest absolute Gasteiger partial charge is 0.423 e. The van der Waals surface area contributed by atoms with Crippen LogP contribution in [0.1, 0.15) is 6.42 Å². The summed E-state index contributed by atoms with van der Waals surface area (Å²) in [6, 6.07) is 8.42. The number of anilines is 1. The first-order chi connectivity index (χ1) is 9.72. The number of para-hydroxylation sites is 2. The Morgan fingerprint density at radius 3 is 3.00 bits per heavy atom. The summed E-state index contributed by atoms with van der Waals surface area (Å²) in [5.41, 5.74) is 1.68. The lowest BCUT2D eigenvalue weighted by atomic mass is 9.88. The standard InChI is InChI=1S/C15H17N3O2/c1-17-7-6-10-8-18(9-11(10)14(17)19)15-16-12-4-2-3-5-13(12)20-15/h2-5,10-11H,6-9H2,1H3/t10-,11+/m1/s1. The molecule has 2 aromatic rings. The highest BCUT2D eigenvalue weighted by Gasteiger charge is 2.43. The van der Waals surface area contributed by atoms with Gasteiger partial charge in [-0.15, -0.1) is 0 Å². The van der Waals surface area contributed by atoms with Crippen LogP contribution < -0.4 is 4.90 Å². The predicted octanol–water partition coefficient (Wildman–Crippen LogP) is 1.74. The van der Waals surface area contributed by atoms with Gasteiger partial charge in [-0.25, -0.2) is 0 Å². The van der Waals surface area contributed by atoms with Gasteiger partial charge in [-0.05, 0) is 24.5 Å². The highest BCUT2D eigenvalue weighted by molar-refractivity contribution is 5.81. The molecule has 1 aromatic carbocycles. The SMILES string of the molecule is CN1CC[C@@H]2CN(c3nc4ccccc4o3)C[C@@H]2C1=O. The molecule has 4 rings (SSSR count). The Morgan fingerprint density at radius 2 is 2.15 bits per heavy atom. The van der Waals surface area contributed by atoms with Crippen molar-refractivity contribution in [1.82, 2.24) is 9.88 Å². The lowest BCUT2D eigenvalue weighted by molar-refractivity contribution is -0.137. The van der Waals surface area contributed by atoms with Gasteiger partial charge in [0.05, 0.1) is 5.92 Å². The van der Waals surface area contributed by atoms with E-state index >= 15 is 0 Å². The number of hydrogen-bond acceptors (Lipinski definition) is 4. The molecular formula is C15H17N3O2. The maximum absolute atomic E-state index is 12.2. The van der Waals surface area contributed by atoms with Crippen LogP contribution in [0.25, 0.3) is 11.1 Å². The number of carbonyl (C=O) groups is 1. The van der Waals surface area contributed by atoms with E-state index in [9.17, 15) is 4.79 Å². The molecule has 0 radical (unpaired) electrons. The second kappa shape index (κ2) is 4.23. The molecule has 0 saturated carbocycles. The highest BCUT2D eigenvalue weighted by Crippen LogP contribution is 2.34. The van der Waals surface area contributed by atoms with Gasteiger partial charge >= 0.3 is 0 Å². The number of rotatable bonds is 1. The molecule has 1 amide bonds. The summed E-state index contributed by atoms with van der Waals surface area (Å²) in [7, 11) is 1.89. The lowest BCUT2D eigenvalue weighted by Crippen LogP contribution is -2.42. The van der Waals surface area contributed by atoms with E-state index in [1.54, 1.807) is 0 Å². The third kappa shape index (κ3) is 1.69. The molecule has 5 heteroatoms. The van der Waals surface area contributed by atoms with E-state index < -0.39 is 0 Å². The van der Waals surface area contributed by atoms with Crippen molar-refractivity contribution in [3.05, 3.63) is 24.3 Å². The van der Waals surface area contributed by atoms with Crippen molar-refractivity contribution in [1.29, 1.82) is 0 Å². The van der Waals surface area contributed by atoms with Crippen LogP contribution in [0.4, 0.5) is 6.01 Å². The van der Waals surface area contributed by atoms with E-state index in [1.807, 2.05) is 36.2 Å². The number of nitrogens with zero attached hydrogens (tertiary/aromatic N) is 3. The summed E-state index contributed by atoms with van der Waals surface area (Å²) in [6.45, 7) is 2.46. The van der Waals surface area contributed by atoms with E-state index in [0.29, 0.717) is 11.9 Å². The van der Waals surface area contributed by atoms with Gasteiger partial charge in [-0.3, -0.25) is 4.79 Å². The van der Waals surface area contributed by atoms with E-state index in [0.717, 1.165) is 37.2 Å². The Kier molecular flexibility index (Phi) is 2.49. The molecule has 0 N–H and O–H groups in total. The predicted molar refractivity (Wildman–Crippen MR) is 75.5 cm³/mol. The van der Waals surface area contributed by atoms with E-state index in [-0.39, 0.29) is 11.8 Å². The monoisotopic (exact) mass is 271 g/mol. The summed E-state index contributed by atoms with van der Waals surface area (Å²) in [5.74, 6) is 0.803. The lowest BCUT2D eigenvalue weighted by Gasteiger charge is -2.30. The Labute approximate surface area is 117 Å². The second-order valence-corrected chi connectivity index (χ2v) is 5.78. The van der Waals surface area contributed by atoms with Crippen molar-refractivity contribution in [2.75, 3.05) is 31.6 Å². The van der Waals surface area contributed by atoms with Gasteiger partial charge < -0.3 is 14.2 Å². The van der Waals surface area contributed by atoms with Gasteiger partial charge in [0, 0.05) is 26.7 Å². The first-order valence-corrected chi connectivity index (χ1v) is 7.08. The van der Waals surface area contributed by atoms with Gasteiger partial charge in [0.15, 0.2) is 5.58 Å². The second-order valence-electron chi connectivity index (χ2n) is 5.78. The Morgan fingerprint density at radius 1 is 1.30 bits per heavy atom. The van der Waals surface area contributed by atoms with Crippen molar-refractivity contribution < 1.29 is 9.21 Å². The average molecular weight is 271 g/mol. The molecule has 2 aliphatic rings. The maximum atomic E-state index is 12.2.